The van der Waals surface area contributed by atoms with E-state index in [1.54, 1.807) is 0 Å². The average molecular weight is 210 g/mol. The van der Waals surface area contributed by atoms with Crippen molar-refractivity contribution in [3.8, 4) is 0 Å². The van der Waals surface area contributed by atoms with Crippen LogP contribution in [0.25, 0.3) is 5.57 Å². The molecule has 0 aliphatic carbocycles. The fourth-order valence-electron chi connectivity index (χ4n) is 1.45. The summed E-state index contributed by atoms with van der Waals surface area (Å²) >= 11 is 5.95. The van der Waals surface area contributed by atoms with Gasteiger partial charge in [-0.3, -0.25) is 0 Å². The van der Waals surface area contributed by atoms with E-state index in [1.165, 1.54) is 11.1 Å². The number of hydrogen-bond donors (Lipinski definition) is 1. The molecule has 1 aromatic carbocycles. The number of hydrogen-bond acceptors (Lipinski definition) is 1. The van der Waals surface area contributed by atoms with Crippen LogP contribution in [0.3, 0.4) is 0 Å². The molecule has 1 nitrogen and oxygen atoms in total. The largest absolute Gasteiger partial charge is 0.366 e. The summed E-state index contributed by atoms with van der Waals surface area (Å²) in [5, 5.41) is 3.18. The van der Waals surface area contributed by atoms with Crippen LogP contribution in [0.2, 0.25) is 0 Å². The molecule has 0 bridgehead atoms. The molecule has 2 heteroatoms. The molecule has 2 rings (SSSR count). The first-order chi connectivity index (χ1) is 6.77. The number of halogens is 1. The number of anilines is 1. The minimum atomic E-state index is -0.0695. The summed E-state index contributed by atoms with van der Waals surface area (Å²) in [5.74, 6) is 0. The number of nitrogens with one attached hydrogen (secondary N) is 1. The Labute approximate surface area is 90.8 Å². The van der Waals surface area contributed by atoms with Crippen LogP contribution in [0.15, 0.2) is 30.3 Å². The lowest BCUT2D eigenvalue weighted by molar-refractivity contribution is 1.20. The summed E-state index contributed by atoms with van der Waals surface area (Å²) < 4.78 is 0. The summed E-state index contributed by atoms with van der Waals surface area (Å²) in [4.78, 5) is 0. The molecule has 0 saturated heterocycles. The van der Waals surface area contributed by atoms with Crippen molar-refractivity contribution >= 4 is 22.9 Å². The Hall–Kier alpha value is -0.950. The highest BCUT2D eigenvalue weighted by Crippen LogP contribution is 2.29. The first-order valence-corrected chi connectivity index (χ1v) is 5.39. The zero-order chi connectivity index (χ0) is 10.6. The topological polar surface area (TPSA) is 12.0 Å². The van der Waals surface area contributed by atoms with E-state index in [0.29, 0.717) is 0 Å². The SMILES string of the molecule is CC.CC1=CC(Cl)Nc2ccccc21. The highest BCUT2D eigenvalue weighted by molar-refractivity contribution is 6.23. The minimum absolute atomic E-state index is 0.0695. The highest BCUT2D eigenvalue weighted by Gasteiger charge is 2.12. The van der Waals surface area contributed by atoms with Crippen molar-refractivity contribution in [2.24, 2.45) is 0 Å². The number of benzene rings is 1. The average Bonchev–Trinajstić information content (AvgIpc) is 2.20. The van der Waals surface area contributed by atoms with E-state index in [4.69, 9.17) is 11.6 Å². The quantitative estimate of drug-likeness (QED) is 0.501. The summed E-state index contributed by atoms with van der Waals surface area (Å²) in [6.45, 7) is 6.08. The van der Waals surface area contributed by atoms with Gasteiger partial charge in [-0.25, -0.2) is 0 Å². The Balaban J connectivity index is 0.000000461. The maximum atomic E-state index is 5.95. The van der Waals surface area contributed by atoms with E-state index in [9.17, 15) is 0 Å². The lowest BCUT2D eigenvalue weighted by Gasteiger charge is -2.20. The third-order valence-electron chi connectivity index (χ3n) is 2.04. The Morgan fingerprint density at radius 3 is 2.57 bits per heavy atom. The Bertz CT molecular complexity index is 331. The maximum Gasteiger partial charge on any atom is 0.121 e. The van der Waals surface area contributed by atoms with Gasteiger partial charge in [0.25, 0.3) is 0 Å². The standard InChI is InChI=1S/C10H10ClN.C2H6/c1-7-6-10(11)12-9-5-3-2-4-8(7)9;1-2/h2-6,10,12H,1H3;1-2H3. The Kier molecular flexibility index (Phi) is 4.02. The molecule has 14 heavy (non-hydrogen) atoms. The van der Waals surface area contributed by atoms with Gasteiger partial charge in [0, 0.05) is 11.3 Å². The van der Waals surface area contributed by atoms with Crippen molar-refractivity contribution in [1.82, 2.24) is 0 Å². The van der Waals surface area contributed by atoms with Crippen LogP contribution in [-0.4, -0.2) is 5.50 Å². The second kappa shape index (κ2) is 5.06. The second-order valence-corrected chi connectivity index (χ2v) is 3.41. The predicted octanol–water partition coefficient (Wildman–Crippen LogP) is 4.11. The predicted molar refractivity (Wildman–Crippen MR) is 64.7 cm³/mol. The summed E-state index contributed by atoms with van der Waals surface area (Å²) in [5.41, 5.74) is 3.54. The van der Waals surface area contributed by atoms with Crippen molar-refractivity contribution < 1.29 is 0 Å². The molecule has 1 aliphatic rings. The number of rotatable bonds is 0. The third kappa shape index (κ3) is 2.30. The molecule has 0 amide bonds. The first-order valence-electron chi connectivity index (χ1n) is 4.96. The van der Waals surface area contributed by atoms with Crippen LogP contribution >= 0.6 is 11.6 Å². The summed E-state index contributed by atoms with van der Waals surface area (Å²) in [6, 6.07) is 8.18. The van der Waals surface area contributed by atoms with Crippen LogP contribution in [0.1, 0.15) is 26.3 Å². The lowest BCUT2D eigenvalue weighted by atomic mass is 10.0. The van der Waals surface area contributed by atoms with Gasteiger partial charge in [-0.05, 0) is 24.6 Å². The van der Waals surface area contributed by atoms with E-state index in [2.05, 4.69) is 18.3 Å². The first kappa shape index (κ1) is 11.1. The van der Waals surface area contributed by atoms with Gasteiger partial charge in [0.1, 0.15) is 5.50 Å². The van der Waals surface area contributed by atoms with E-state index >= 15 is 0 Å². The molecule has 1 unspecified atom stereocenters. The smallest absolute Gasteiger partial charge is 0.121 e. The Morgan fingerprint density at radius 1 is 1.21 bits per heavy atom. The van der Waals surface area contributed by atoms with Gasteiger partial charge < -0.3 is 5.32 Å². The van der Waals surface area contributed by atoms with Crippen molar-refractivity contribution in [2.75, 3.05) is 5.32 Å². The van der Waals surface area contributed by atoms with Gasteiger partial charge in [-0.2, -0.15) is 0 Å². The molecular weight excluding hydrogens is 194 g/mol. The molecule has 0 saturated carbocycles. The van der Waals surface area contributed by atoms with Crippen LogP contribution in [0.4, 0.5) is 5.69 Å². The van der Waals surface area contributed by atoms with Crippen LogP contribution < -0.4 is 5.32 Å². The number of para-hydroxylation sites is 1. The fourth-order valence-corrected chi connectivity index (χ4v) is 1.76. The molecule has 0 aromatic heterocycles. The fraction of sp³-hybridized carbons (Fsp3) is 0.333. The minimum Gasteiger partial charge on any atom is -0.366 e. The highest BCUT2D eigenvalue weighted by atomic mass is 35.5. The van der Waals surface area contributed by atoms with E-state index in [1.807, 2.05) is 38.1 Å². The number of allylic oxidation sites excluding steroid dienone is 1. The summed E-state index contributed by atoms with van der Waals surface area (Å²) in [7, 11) is 0. The van der Waals surface area contributed by atoms with Crippen molar-refractivity contribution in [3.63, 3.8) is 0 Å². The van der Waals surface area contributed by atoms with E-state index < -0.39 is 0 Å². The lowest BCUT2D eigenvalue weighted by Crippen LogP contribution is -2.14. The summed E-state index contributed by atoms with van der Waals surface area (Å²) in [6.07, 6.45) is 2.02. The molecule has 1 heterocycles. The van der Waals surface area contributed by atoms with Crippen LogP contribution in [0.5, 0.6) is 0 Å². The van der Waals surface area contributed by atoms with E-state index in [-0.39, 0.29) is 5.50 Å². The van der Waals surface area contributed by atoms with Crippen molar-refractivity contribution in [1.29, 1.82) is 0 Å². The normalized spacial score (nSPS) is 18.3. The number of fused-ring (bicyclic) bond motifs is 1. The van der Waals surface area contributed by atoms with Gasteiger partial charge in [0.05, 0.1) is 0 Å². The van der Waals surface area contributed by atoms with Crippen molar-refractivity contribution in [3.05, 3.63) is 35.9 Å². The molecule has 0 fully saturated rings. The molecule has 1 aromatic rings. The van der Waals surface area contributed by atoms with Crippen molar-refractivity contribution in [2.45, 2.75) is 26.3 Å². The van der Waals surface area contributed by atoms with Crippen LogP contribution in [-0.2, 0) is 0 Å². The van der Waals surface area contributed by atoms with Gasteiger partial charge in [-0.15, -0.1) is 0 Å². The van der Waals surface area contributed by atoms with Gasteiger partial charge in [0.2, 0.25) is 0 Å². The van der Waals surface area contributed by atoms with Gasteiger partial charge in [0.15, 0.2) is 0 Å². The molecular formula is C12H16ClN. The van der Waals surface area contributed by atoms with Gasteiger partial charge in [-0.1, -0.05) is 43.6 Å². The zero-order valence-corrected chi connectivity index (χ0v) is 9.60. The number of alkyl halides is 1. The molecule has 0 radical (unpaired) electrons. The van der Waals surface area contributed by atoms with Gasteiger partial charge >= 0.3 is 0 Å². The molecule has 1 atom stereocenters. The zero-order valence-electron chi connectivity index (χ0n) is 8.84. The molecule has 1 N–H and O–H groups in total. The Morgan fingerprint density at radius 2 is 1.86 bits per heavy atom. The molecule has 1 aliphatic heterocycles. The van der Waals surface area contributed by atoms with E-state index in [0.717, 1.165) is 5.69 Å². The molecule has 0 spiro atoms. The van der Waals surface area contributed by atoms with Crippen LogP contribution in [0, 0.1) is 0 Å². The monoisotopic (exact) mass is 209 g/mol. The third-order valence-corrected chi connectivity index (χ3v) is 2.28. The second-order valence-electron chi connectivity index (χ2n) is 2.94. The maximum absolute atomic E-state index is 5.95. The molecule has 76 valence electrons.